The highest BCUT2D eigenvalue weighted by molar-refractivity contribution is 5.81. The number of benzene rings is 1. The smallest absolute Gasteiger partial charge is 0.330 e. The second-order valence-corrected chi connectivity index (χ2v) is 6.11. The van der Waals surface area contributed by atoms with Crippen molar-refractivity contribution >= 4 is 5.97 Å². The van der Waals surface area contributed by atoms with Crippen LogP contribution in [-0.4, -0.2) is 44.3 Å². The Bertz CT molecular complexity index is 578. The molecule has 0 aliphatic carbocycles. The van der Waals surface area contributed by atoms with Crippen molar-refractivity contribution in [3.63, 3.8) is 0 Å². The van der Waals surface area contributed by atoms with Crippen LogP contribution < -0.4 is 4.74 Å². The van der Waals surface area contributed by atoms with Gasteiger partial charge in [0, 0.05) is 6.08 Å². The maximum Gasteiger partial charge on any atom is 0.330 e. The molecule has 0 aromatic heterocycles. The van der Waals surface area contributed by atoms with E-state index in [1.165, 1.54) is 6.08 Å². The summed E-state index contributed by atoms with van der Waals surface area (Å²) in [6.45, 7) is 6.58. The molecule has 2 atom stereocenters. The molecule has 25 heavy (non-hydrogen) atoms. The van der Waals surface area contributed by atoms with Gasteiger partial charge in [0.15, 0.2) is 5.79 Å². The van der Waals surface area contributed by atoms with Gasteiger partial charge in [-0.1, -0.05) is 12.1 Å². The largest absolute Gasteiger partial charge is 0.497 e. The van der Waals surface area contributed by atoms with Crippen LogP contribution in [-0.2, 0) is 30.3 Å². The summed E-state index contributed by atoms with van der Waals surface area (Å²) in [4.78, 5) is 11.5. The van der Waals surface area contributed by atoms with E-state index in [1.54, 1.807) is 20.1 Å². The van der Waals surface area contributed by atoms with Crippen LogP contribution in [0.5, 0.6) is 5.75 Å². The van der Waals surface area contributed by atoms with E-state index < -0.39 is 11.8 Å². The topological polar surface area (TPSA) is 63.2 Å². The van der Waals surface area contributed by atoms with Gasteiger partial charge in [0.1, 0.15) is 18.0 Å². The van der Waals surface area contributed by atoms with Crippen molar-refractivity contribution in [3.05, 3.63) is 42.0 Å². The number of esters is 1. The van der Waals surface area contributed by atoms with E-state index in [2.05, 4.69) is 0 Å². The molecule has 1 aromatic rings. The van der Waals surface area contributed by atoms with Gasteiger partial charge in [-0.05, 0) is 44.5 Å². The highest BCUT2D eigenvalue weighted by atomic mass is 16.8. The van der Waals surface area contributed by atoms with Gasteiger partial charge in [-0.25, -0.2) is 4.79 Å². The van der Waals surface area contributed by atoms with Crippen molar-refractivity contribution in [2.45, 2.75) is 45.4 Å². The Morgan fingerprint density at radius 2 is 1.96 bits per heavy atom. The van der Waals surface area contributed by atoms with Crippen molar-refractivity contribution in [3.8, 4) is 5.75 Å². The summed E-state index contributed by atoms with van der Waals surface area (Å²) in [6, 6.07) is 7.68. The van der Waals surface area contributed by atoms with Gasteiger partial charge in [0.25, 0.3) is 0 Å². The lowest BCUT2D eigenvalue weighted by Crippen LogP contribution is -2.26. The molecule has 6 nitrogen and oxygen atoms in total. The molecule has 0 saturated carbocycles. The second-order valence-electron chi connectivity index (χ2n) is 6.11. The third-order valence-corrected chi connectivity index (χ3v) is 3.64. The number of carbonyl (C=O) groups excluding carboxylic acids is 1. The number of methoxy groups -OCH3 is 1. The highest BCUT2D eigenvalue weighted by Crippen LogP contribution is 2.29. The Balaban J connectivity index is 1.87. The Morgan fingerprint density at radius 3 is 2.60 bits per heavy atom. The number of hydrogen-bond acceptors (Lipinski definition) is 6. The predicted octanol–water partition coefficient (Wildman–Crippen LogP) is 2.85. The molecule has 0 spiro atoms. The molecule has 0 bridgehead atoms. The fourth-order valence-corrected chi connectivity index (χ4v) is 2.53. The molecule has 1 heterocycles. The second kappa shape index (κ2) is 8.99. The van der Waals surface area contributed by atoms with Crippen LogP contribution in [0.2, 0.25) is 0 Å². The van der Waals surface area contributed by atoms with Gasteiger partial charge in [-0.3, -0.25) is 0 Å². The average molecular weight is 350 g/mol. The SMILES string of the molecule is CCOC(=O)/C=C/[C@@H]1OC(C)(C)O[C@H]1COCc1ccc(OC)cc1. The molecule has 1 aromatic carbocycles. The zero-order valence-corrected chi connectivity index (χ0v) is 15.2. The maximum atomic E-state index is 11.5. The zero-order valence-electron chi connectivity index (χ0n) is 15.2. The van der Waals surface area contributed by atoms with Crippen molar-refractivity contribution in [2.75, 3.05) is 20.3 Å². The Morgan fingerprint density at radius 1 is 1.24 bits per heavy atom. The minimum atomic E-state index is -0.724. The van der Waals surface area contributed by atoms with Crippen molar-refractivity contribution in [2.24, 2.45) is 0 Å². The quantitative estimate of drug-likeness (QED) is 0.531. The number of ether oxygens (including phenoxy) is 5. The summed E-state index contributed by atoms with van der Waals surface area (Å²) in [7, 11) is 1.63. The van der Waals surface area contributed by atoms with Crippen molar-refractivity contribution in [1.29, 1.82) is 0 Å². The number of hydrogen-bond donors (Lipinski definition) is 0. The molecular formula is C19H26O6. The van der Waals surface area contributed by atoms with E-state index in [9.17, 15) is 4.79 Å². The van der Waals surface area contributed by atoms with E-state index in [-0.39, 0.29) is 12.2 Å². The van der Waals surface area contributed by atoms with Crippen LogP contribution in [0, 0.1) is 0 Å². The van der Waals surface area contributed by atoms with Gasteiger partial charge >= 0.3 is 5.97 Å². The van der Waals surface area contributed by atoms with Crippen molar-refractivity contribution < 1.29 is 28.5 Å². The zero-order chi connectivity index (χ0) is 18.3. The normalized spacial score (nSPS) is 22.2. The lowest BCUT2D eigenvalue weighted by atomic mass is 10.2. The van der Waals surface area contributed by atoms with Crippen LogP contribution in [0.25, 0.3) is 0 Å². The van der Waals surface area contributed by atoms with E-state index in [0.29, 0.717) is 19.8 Å². The maximum absolute atomic E-state index is 11.5. The van der Waals surface area contributed by atoms with Gasteiger partial charge < -0.3 is 23.7 Å². The summed E-state index contributed by atoms with van der Waals surface area (Å²) in [5.41, 5.74) is 1.04. The Labute approximate surface area is 148 Å². The number of rotatable bonds is 8. The molecule has 2 rings (SSSR count). The standard InChI is InChI=1S/C19H26O6/c1-5-23-18(20)11-10-16-17(25-19(2,3)24-16)13-22-12-14-6-8-15(21-4)9-7-14/h6-11,16-17H,5,12-13H2,1-4H3/b11-10+/t16-,17-/m0/s1. The minimum absolute atomic E-state index is 0.293. The van der Waals surface area contributed by atoms with Gasteiger partial charge in [-0.2, -0.15) is 0 Å². The summed E-state index contributed by atoms with van der Waals surface area (Å²) < 4.78 is 27.4. The highest BCUT2D eigenvalue weighted by Gasteiger charge is 2.40. The van der Waals surface area contributed by atoms with Crippen LogP contribution in [0.4, 0.5) is 0 Å². The Hall–Kier alpha value is -1.89. The van der Waals surface area contributed by atoms with Gasteiger partial charge in [0.05, 0.1) is 26.9 Å². The number of carbonyl (C=O) groups is 1. The fourth-order valence-electron chi connectivity index (χ4n) is 2.53. The fraction of sp³-hybridized carbons (Fsp3) is 0.526. The molecule has 6 heteroatoms. The first kappa shape index (κ1) is 19.4. The first-order valence-electron chi connectivity index (χ1n) is 8.35. The molecule has 0 unspecified atom stereocenters. The van der Waals surface area contributed by atoms with Gasteiger partial charge in [0.2, 0.25) is 0 Å². The van der Waals surface area contributed by atoms with E-state index in [4.69, 9.17) is 23.7 Å². The summed E-state index contributed by atoms with van der Waals surface area (Å²) in [5.74, 6) is -0.312. The van der Waals surface area contributed by atoms with Crippen LogP contribution in [0.15, 0.2) is 36.4 Å². The monoisotopic (exact) mass is 350 g/mol. The minimum Gasteiger partial charge on any atom is -0.497 e. The molecule has 0 N–H and O–H groups in total. The lowest BCUT2D eigenvalue weighted by Gasteiger charge is -2.16. The van der Waals surface area contributed by atoms with Gasteiger partial charge in [-0.15, -0.1) is 0 Å². The first-order chi connectivity index (χ1) is 11.9. The van der Waals surface area contributed by atoms with E-state index in [1.807, 2.05) is 38.1 Å². The van der Waals surface area contributed by atoms with Crippen LogP contribution >= 0.6 is 0 Å². The van der Waals surface area contributed by atoms with E-state index in [0.717, 1.165) is 11.3 Å². The summed E-state index contributed by atoms with van der Waals surface area (Å²) in [5, 5.41) is 0. The summed E-state index contributed by atoms with van der Waals surface area (Å²) >= 11 is 0. The Kier molecular flexibility index (Phi) is 6.99. The predicted molar refractivity (Wildman–Crippen MR) is 92.2 cm³/mol. The molecule has 1 aliphatic heterocycles. The van der Waals surface area contributed by atoms with Crippen LogP contribution in [0.1, 0.15) is 26.3 Å². The molecule has 1 fully saturated rings. The van der Waals surface area contributed by atoms with Crippen molar-refractivity contribution in [1.82, 2.24) is 0 Å². The average Bonchev–Trinajstić information content (AvgIpc) is 2.88. The van der Waals surface area contributed by atoms with E-state index >= 15 is 0 Å². The third-order valence-electron chi connectivity index (χ3n) is 3.64. The lowest BCUT2D eigenvalue weighted by molar-refractivity contribution is -0.149. The first-order valence-corrected chi connectivity index (χ1v) is 8.35. The molecular weight excluding hydrogens is 324 g/mol. The molecule has 1 saturated heterocycles. The van der Waals surface area contributed by atoms with Crippen LogP contribution in [0.3, 0.4) is 0 Å². The molecule has 0 amide bonds. The molecule has 0 radical (unpaired) electrons. The summed E-state index contributed by atoms with van der Waals surface area (Å²) in [6.07, 6.45) is 2.37. The molecule has 138 valence electrons. The third kappa shape index (κ3) is 6.16. The molecule has 1 aliphatic rings.